The van der Waals surface area contributed by atoms with Crippen LogP contribution in [0.15, 0.2) is 53.4 Å². The number of sulfonamides is 1. The lowest BCUT2D eigenvalue weighted by Gasteiger charge is -2.12. The molecule has 0 aliphatic carbocycles. The van der Waals surface area contributed by atoms with Crippen LogP contribution in [0.1, 0.15) is 37.0 Å². The Hall–Kier alpha value is -2.54. The van der Waals surface area contributed by atoms with Gasteiger partial charge in [0, 0.05) is 12.1 Å². The molecule has 27 heavy (non-hydrogen) atoms. The molecular formula is C20H26N2O4S. The third kappa shape index (κ3) is 5.99. The molecule has 0 unspecified atom stereocenters. The molecule has 0 bridgehead atoms. The van der Waals surface area contributed by atoms with Crippen molar-refractivity contribution in [1.29, 1.82) is 0 Å². The zero-order chi connectivity index (χ0) is 19.9. The second-order valence-electron chi connectivity index (χ2n) is 6.62. The van der Waals surface area contributed by atoms with Crippen molar-refractivity contribution >= 4 is 21.6 Å². The number of ether oxygens (including phenoxy) is 1. The minimum atomic E-state index is -3.78. The fourth-order valence-corrected chi connectivity index (χ4v) is 3.60. The standard InChI is InChI=1S/C20H26N2O4S/c1-15(2)7-6-14-21-20(23)16-10-12-17(13-11-16)27(24,25)22-18-8-4-5-9-19(18)26-3/h4-5,8-13,15,22H,6-7,14H2,1-3H3,(H,21,23). The fourth-order valence-electron chi connectivity index (χ4n) is 2.53. The van der Waals surface area contributed by atoms with Crippen LogP contribution in [-0.2, 0) is 10.0 Å². The van der Waals surface area contributed by atoms with Crippen molar-refractivity contribution in [3.05, 3.63) is 54.1 Å². The number of para-hydroxylation sites is 2. The highest BCUT2D eigenvalue weighted by atomic mass is 32.2. The Balaban J connectivity index is 2.04. The van der Waals surface area contributed by atoms with E-state index in [4.69, 9.17) is 4.74 Å². The van der Waals surface area contributed by atoms with Gasteiger partial charge in [-0.05, 0) is 55.2 Å². The van der Waals surface area contributed by atoms with Gasteiger partial charge in [-0.2, -0.15) is 0 Å². The van der Waals surface area contributed by atoms with Crippen molar-refractivity contribution in [1.82, 2.24) is 5.32 Å². The van der Waals surface area contributed by atoms with E-state index in [-0.39, 0.29) is 10.8 Å². The van der Waals surface area contributed by atoms with Crippen molar-refractivity contribution in [3.8, 4) is 5.75 Å². The first-order chi connectivity index (χ1) is 12.8. The van der Waals surface area contributed by atoms with Crippen LogP contribution in [0, 0.1) is 5.92 Å². The molecule has 6 nitrogen and oxygen atoms in total. The highest BCUT2D eigenvalue weighted by molar-refractivity contribution is 7.92. The topological polar surface area (TPSA) is 84.5 Å². The van der Waals surface area contributed by atoms with Crippen LogP contribution in [0.3, 0.4) is 0 Å². The molecule has 0 atom stereocenters. The minimum Gasteiger partial charge on any atom is -0.495 e. The molecule has 0 heterocycles. The van der Waals surface area contributed by atoms with E-state index in [1.165, 1.54) is 31.4 Å². The van der Waals surface area contributed by atoms with Crippen LogP contribution in [0.2, 0.25) is 0 Å². The number of benzene rings is 2. The first kappa shape index (κ1) is 20.8. The zero-order valence-corrected chi connectivity index (χ0v) is 16.7. The first-order valence-electron chi connectivity index (χ1n) is 8.87. The number of carbonyl (C=O) groups excluding carboxylic acids is 1. The molecule has 0 radical (unpaired) electrons. The highest BCUT2D eigenvalue weighted by Crippen LogP contribution is 2.26. The molecular weight excluding hydrogens is 364 g/mol. The second kappa shape index (κ2) is 9.41. The number of amides is 1. The molecule has 0 saturated carbocycles. The Morgan fingerprint density at radius 3 is 2.37 bits per heavy atom. The molecule has 2 aromatic carbocycles. The third-order valence-corrected chi connectivity index (χ3v) is 5.40. The molecule has 2 rings (SSSR count). The maximum Gasteiger partial charge on any atom is 0.262 e. The Bertz CT molecular complexity index is 862. The molecule has 0 spiro atoms. The van der Waals surface area contributed by atoms with Crippen LogP contribution in [-0.4, -0.2) is 28.0 Å². The predicted molar refractivity (Wildman–Crippen MR) is 107 cm³/mol. The average molecular weight is 391 g/mol. The monoisotopic (exact) mass is 390 g/mol. The molecule has 0 aromatic heterocycles. The zero-order valence-electron chi connectivity index (χ0n) is 15.9. The summed E-state index contributed by atoms with van der Waals surface area (Å²) in [6, 6.07) is 12.6. The summed E-state index contributed by atoms with van der Waals surface area (Å²) < 4.78 is 32.8. The Labute approximate surface area is 161 Å². The molecule has 1 amide bonds. The van der Waals surface area contributed by atoms with E-state index in [0.717, 1.165) is 12.8 Å². The Morgan fingerprint density at radius 1 is 1.07 bits per heavy atom. The number of carbonyl (C=O) groups is 1. The Kier molecular flexibility index (Phi) is 7.24. The number of hydrogen-bond acceptors (Lipinski definition) is 4. The van der Waals surface area contributed by atoms with E-state index in [1.54, 1.807) is 24.3 Å². The van der Waals surface area contributed by atoms with E-state index in [0.29, 0.717) is 29.5 Å². The summed E-state index contributed by atoms with van der Waals surface area (Å²) >= 11 is 0. The van der Waals surface area contributed by atoms with Crippen molar-refractivity contribution in [2.45, 2.75) is 31.6 Å². The lowest BCUT2D eigenvalue weighted by atomic mass is 10.1. The number of rotatable bonds is 9. The van der Waals surface area contributed by atoms with Gasteiger partial charge in [-0.15, -0.1) is 0 Å². The maximum absolute atomic E-state index is 12.6. The fraction of sp³-hybridized carbons (Fsp3) is 0.350. The highest BCUT2D eigenvalue weighted by Gasteiger charge is 2.17. The molecule has 146 valence electrons. The van der Waals surface area contributed by atoms with E-state index < -0.39 is 10.0 Å². The molecule has 2 aromatic rings. The van der Waals surface area contributed by atoms with Crippen molar-refractivity contribution in [2.24, 2.45) is 5.92 Å². The van der Waals surface area contributed by atoms with Crippen LogP contribution in [0.25, 0.3) is 0 Å². The van der Waals surface area contributed by atoms with Gasteiger partial charge in [-0.1, -0.05) is 26.0 Å². The predicted octanol–water partition coefficient (Wildman–Crippen LogP) is 3.66. The van der Waals surface area contributed by atoms with Crippen molar-refractivity contribution in [3.63, 3.8) is 0 Å². The first-order valence-corrected chi connectivity index (χ1v) is 10.4. The minimum absolute atomic E-state index is 0.0739. The lowest BCUT2D eigenvalue weighted by Crippen LogP contribution is -2.24. The van der Waals surface area contributed by atoms with Gasteiger partial charge >= 0.3 is 0 Å². The quantitative estimate of drug-likeness (QED) is 0.640. The van der Waals surface area contributed by atoms with Gasteiger partial charge in [-0.25, -0.2) is 8.42 Å². The second-order valence-corrected chi connectivity index (χ2v) is 8.30. The summed E-state index contributed by atoms with van der Waals surface area (Å²) in [6.07, 6.45) is 1.96. The molecule has 0 aliphatic rings. The van der Waals surface area contributed by atoms with Crippen molar-refractivity contribution in [2.75, 3.05) is 18.4 Å². The van der Waals surface area contributed by atoms with E-state index in [1.807, 2.05) is 0 Å². The van der Waals surface area contributed by atoms with Crippen LogP contribution in [0.5, 0.6) is 5.75 Å². The Morgan fingerprint density at radius 2 is 1.74 bits per heavy atom. The molecule has 7 heteroatoms. The van der Waals surface area contributed by atoms with Crippen LogP contribution in [0.4, 0.5) is 5.69 Å². The largest absolute Gasteiger partial charge is 0.495 e. The summed E-state index contributed by atoms with van der Waals surface area (Å²) in [5, 5.41) is 2.85. The van der Waals surface area contributed by atoms with E-state index in [2.05, 4.69) is 23.9 Å². The molecule has 0 saturated heterocycles. The average Bonchev–Trinajstić information content (AvgIpc) is 2.65. The van der Waals surface area contributed by atoms with Crippen LogP contribution < -0.4 is 14.8 Å². The van der Waals surface area contributed by atoms with Gasteiger partial charge < -0.3 is 10.1 Å². The smallest absolute Gasteiger partial charge is 0.262 e. The number of nitrogens with one attached hydrogen (secondary N) is 2. The van der Waals surface area contributed by atoms with E-state index in [9.17, 15) is 13.2 Å². The van der Waals surface area contributed by atoms with E-state index >= 15 is 0 Å². The normalized spacial score (nSPS) is 11.3. The maximum atomic E-state index is 12.6. The van der Waals surface area contributed by atoms with Crippen LogP contribution >= 0.6 is 0 Å². The summed E-state index contributed by atoms with van der Waals surface area (Å²) in [6.45, 7) is 4.88. The SMILES string of the molecule is COc1ccccc1NS(=O)(=O)c1ccc(C(=O)NCCCC(C)C)cc1. The van der Waals surface area contributed by atoms with Gasteiger partial charge in [0.1, 0.15) is 5.75 Å². The number of anilines is 1. The van der Waals surface area contributed by atoms with Gasteiger partial charge in [0.05, 0.1) is 17.7 Å². The van der Waals surface area contributed by atoms with Gasteiger partial charge in [0.2, 0.25) is 0 Å². The summed E-state index contributed by atoms with van der Waals surface area (Å²) in [5.41, 5.74) is 0.780. The molecule has 0 aliphatic heterocycles. The third-order valence-electron chi connectivity index (χ3n) is 4.02. The molecule has 2 N–H and O–H groups in total. The van der Waals surface area contributed by atoms with Crippen molar-refractivity contribution < 1.29 is 17.9 Å². The number of hydrogen-bond donors (Lipinski definition) is 2. The molecule has 0 fully saturated rings. The summed E-state index contributed by atoms with van der Waals surface area (Å²) in [5.74, 6) is 0.820. The summed E-state index contributed by atoms with van der Waals surface area (Å²) in [7, 11) is -2.31. The van der Waals surface area contributed by atoms with Gasteiger partial charge in [0.25, 0.3) is 15.9 Å². The number of methoxy groups -OCH3 is 1. The summed E-state index contributed by atoms with van der Waals surface area (Å²) in [4.78, 5) is 12.2. The van der Waals surface area contributed by atoms with Gasteiger partial charge in [-0.3, -0.25) is 9.52 Å². The lowest BCUT2D eigenvalue weighted by molar-refractivity contribution is 0.0952. The van der Waals surface area contributed by atoms with Gasteiger partial charge in [0.15, 0.2) is 0 Å².